The zero-order valence-corrected chi connectivity index (χ0v) is 16.4. The van der Waals surface area contributed by atoms with Crippen molar-refractivity contribution in [2.24, 2.45) is 0 Å². The number of aromatic amines is 1. The molecule has 0 saturated carbocycles. The van der Waals surface area contributed by atoms with E-state index in [0.29, 0.717) is 23.1 Å². The molecule has 0 bridgehead atoms. The number of pyridine rings is 1. The molecule has 0 radical (unpaired) electrons. The minimum absolute atomic E-state index is 0.101. The molecule has 1 fully saturated rings. The van der Waals surface area contributed by atoms with Crippen LogP contribution in [0.25, 0.3) is 10.8 Å². The summed E-state index contributed by atoms with van der Waals surface area (Å²) >= 11 is 0. The predicted octanol–water partition coefficient (Wildman–Crippen LogP) is 4.44. The fourth-order valence-electron chi connectivity index (χ4n) is 3.36. The van der Waals surface area contributed by atoms with Gasteiger partial charge in [-0.2, -0.15) is 0 Å². The predicted molar refractivity (Wildman–Crippen MR) is 110 cm³/mol. The fraction of sp³-hybridized carbons (Fsp3) is 0.318. The Morgan fingerprint density at radius 2 is 1.86 bits per heavy atom. The molecule has 2 heterocycles. The lowest BCUT2D eigenvalue weighted by Crippen LogP contribution is -2.54. The molecule has 0 atom stereocenters. The van der Waals surface area contributed by atoms with Gasteiger partial charge in [0.15, 0.2) is 11.6 Å². The molecule has 3 aromatic rings. The summed E-state index contributed by atoms with van der Waals surface area (Å²) in [5, 5.41) is 4.96. The van der Waals surface area contributed by atoms with Crippen molar-refractivity contribution in [3.8, 4) is 0 Å². The number of nitrogens with zero attached hydrogens (tertiary/aromatic N) is 1. The van der Waals surface area contributed by atoms with E-state index in [1.807, 2.05) is 32.0 Å². The quantitative estimate of drug-likeness (QED) is 0.698. The number of halogens is 2. The summed E-state index contributed by atoms with van der Waals surface area (Å²) in [6.07, 6.45) is 1.63. The number of fused-ring (bicyclic) bond motifs is 1. The molecule has 148 valence electrons. The van der Waals surface area contributed by atoms with Gasteiger partial charge in [-0.1, -0.05) is 26.0 Å². The highest BCUT2D eigenvalue weighted by atomic mass is 19.2. The van der Waals surface area contributed by atoms with Crippen molar-refractivity contribution in [2.75, 3.05) is 18.4 Å². The van der Waals surface area contributed by atoms with Gasteiger partial charge in [-0.05, 0) is 42.1 Å². The Kier molecular flexibility index (Phi) is 6.09. The van der Waals surface area contributed by atoms with E-state index in [1.54, 1.807) is 31.3 Å². The molecular weight excluding hydrogens is 360 g/mol. The number of likely N-dealkylation sites (tertiary alicyclic amines) is 1. The molecule has 1 aliphatic rings. The third-order valence-corrected chi connectivity index (χ3v) is 4.85. The second-order valence-electron chi connectivity index (χ2n) is 6.81. The van der Waals surface area contributed by atoms with Crippen LogP contribution in [0.1, 0.15) is 25.0 Å². The largest absolute Gasteiger partial charge is 0.380 e. The van der Waals surface area contributed by atoms with Crippen LogP contribution in [-0.2, 0) is 6.54 Å². The molecule has 1 aromatic heterocycles. The number of benzene rings is 2. The van der Waals surface area contributed by atoms with Crippen LogP contribution >= 0.6 is 0 Å². The summed E-state index contributed by atoms with van der Waals surface area (Å²) in [6, 6.07) is 11.0. The molecule has 0 spiro atoms. The highest BCUT2D eigenvalue weighted by Gasteiger charge is 2.27. The van der Waals surface area contributed by atoms with E-state index in [9.17, 15) is 13.6 Å². The second-order valence-corrected chi connectivity index (χ2v) is 6.81. The van der Waals surface area contributed by atoms with E-state index in [0.717, 1.165) is 24.2 Å². The number of aromatic nitrogens is 1. The van der Waals surface area contributed by atoms with Gasteiger partial charge in [-0.25, -0.2) is 8.78 Å². The van der Waals surface area contributed by atoms with Gasteiger partial charge in [0, 0.05) is 42.5 Å². The first-order valence-electron chi connectivity index (χ1n) is 9.55. The van der Waals surface area contributed by atoms with Crippen LogP contribution < -0.4 is 10.9 Å². The Balaban J connectivity index is 0.00000109. The number of anilines is 1. The van der Waals surface area contributed by atoms with Crippen LogP contribution in [0, 0.1) is 18.6 Å². The van der Waals surface area contributed by atoms with E-state index in [-0.39, 0.29) is 11.6 Å². The molecule has 28 heavy (non-hydrogen) atoms. The number of rotatable bonds is 4. The molecule has 0 unspecified atom stereocenters. The molecule has 1 saturated heterocycles. The summed E-state index contributed by atoms with van der Waals surface area (Å²) in [5.74, 6) is -1.51. The van der Waals surface area contributed by atoms with Gasteiger partial charge in [0.2, 0.25) is 0 Å². The third-order valence-electron chi connectivity index (χ3n) is 4.85. The van der Waals surface area contributed by atoms with Gasteiger partial charge in [0.25, 0.3) is 5.56 Å². The molecule has 4 nitrogen and oxygen atoms in total. The molecular formula is C22H25F2N3O. The molecule has 6 heteroatoms. The maximum absolute atomic E-state index is 14.0. The average Bonchev–Trinajstić information content (AvgIpc) is 2.68. The van der Waals surface area contributed by atoms with E-state index < -0.39 is 11.6 Å². The first-order chi connectivity index (χ1) is 13.5. The summed E-state index contributed by atoms with van der Waals surface area (Å²) in [5.41, 5.74) is 1.55. The van der Waals surface area contributed by atoms with Gasteiger partial charge >= 0.3 is 0 Å². The van der Waals surface area contributed by atoms with Crippen LogP contribution in [0.4, 0.5) is 14.5 Å². The summed E-state index contributed by atoms with van der Waals surface area (Å²) in [6.45, 7) is 7.46. The van der Waals surface area contributed by atoms with Gasteiger partial charge in [0.05, 0.1) is 6.04 Å². The summed E-state index contributed by atoms with van der Waals surface area (Å²) < 4.78 is 27.6. The first kappa shape index (κ1) is 20.0. The summed E-state index contributed by atoms with van der Waals surface area (Å²) in [4.78, 5) is 16.5. The number of aryl methyl sites for hydroxylation is 1. The first-order valence-corrected chi connectivity index (χ1v) is 9.55. The lowest BCUT2D eigenvalue weighted by Gasteiger charge is -2.40. The van der Waals surface area contributed by atoms with Gasteiger partial charge < -0.3 is 10.3 Å². The van der Waals surface area contributed by atoms with Crippen molar-refractivity contribution in [1.82, 2.24) is 9.88 Å². The van der Waals surface area contributed by atoms with Crippen LogP contribution in [0.2, 0.25) is 0 Å². The lowest BCUT2D eigenvalue weighted by molar-refractivity contribution is 0.151. The number of nitrogens with one attached hydrogen (secondary N) is 2. The average molecular weight is 385 g/mol. The van der Waals surface area contributed by atoms with E-state index in [4.69, 9.17) is 0 Å². The van der Waals surface area contributed by atoms with Gasteiger partial charge in [0.1, 0.15) is 0 Å². The Hall–Kier alpha value is -2.73. The molecule has 4 rings (SSSR count). The Morgan fingerprint density at radius 3 is 2.61 bits per heavy atom. The fourth-order valence-corrected chi connectivity index (χ4v) is 3.36. The van der Waals surface area contributed by atoms with E-state index >= 15 is 0 Å². The lowest BCUT2D eigenvalue weighted by atomic mass is 10.0. The van der Waals surface area contributed by atoms with Crippen molar-refractivity contribution < 1.29 is 8.78 Å². The third kappa shape index (κ3) is 4.07. The molecule has 2 N–H and O–H groups in total. The highest BCUT2D eigenvalue weighted by Crippen LogP contribution is 2.23. The maximum atomic E-state index is 14.0. The van der Waals surface area contributed by atoms with Crippen molar-refractivity contribution in [2.45, 2.75) is 33.4 Å². The molecule has 1 aliphatic heterocycles. The number of hydrogen-bond acceptors (Lipinski definition) is 3. The second kappa shape index (κ2) is 8.52. The topological polar surface area (TPSA) is 48.1 Å². The zero-order chi connectivity index (χ0) is 20.3. The van der Waals surface area contributed by atoms with Crippen molar-refractivity contribution in [1.29, 1.82) is 0 Å². The zero-order valence-electron chi connectivity index (χ0n) is 16.4. The van der Waals surface area contributed by atoms with Crippen LogP contribution in [0.5, 0.6) is 0 Å². The standard InChI is InChI=1S/C20H19F2N3O.C2H6/c1-12-2-3-14(19(22)18(12)21)9-25-10-16(11-25)24-15-4-5-17-13(8-15)6-7-23-20(17)26;1-2/h2-8,16,24H,9-11H2,1H3,(H,23,26);1-2H3. The van der Waals surface area contributed by atoms with Gasteiger partial charge in [-0.3, -0.25) is 9.69 Å². The normalized spacial score (nSPS) is 14.3. The van der Waals surface area contributed by atoms with Gasteiger partial charge in [-0.15, -0.1) is 0 Å². The van der Waals surface area contributed by atoms with Crippen LogP contribution in [-0.4, -0.2) is 29.0 Å². The van der Waals surface area contributed by atoms with E-state index in [1.165, 1.54) is 0 Å². The monoisotopic (exact) mass is 385 g/mol. The SMILES string of the molecule is CC.Cc1ccc(CN2CC(Nc3ccc4c(=O)[nH]ccc4c3)C2)c(F)c1F. The molecule has 2 aromatic carbocycles. The van der Waals surface area contributed by atoms with Crippen molar-refractivity contribution >= 4 is 16.5 Å². The number of H-pyrrole nitrogens is 1. The molecule has 0 aliphatic carbocycles. The van der Waals surface area contributed by atoms with Crippen molar-refractivity contribution in [3.05, 3.63) is 75.7 Å². The van der Waals surface area contributed by atoms with Crippen LogP contribution in [0.3, 0.4) is 0 Å². The highest BCUT2D eigenvalue weighted by molar-refractivity contribution is 5.84. The number of hydrogen-bond donors (Lipinski definition) is 2. The van der Waals surface area contributed by atoms with E-state index in [2.05, 4.69) is 15.2 Å². The smallest absolute Gasteiger partial charge is 0.255 e. The Labute approximate surface area is 163 Å². The summed E-state index contributed by atoms with van der Waals surface area (Å²) in [7, 11) is 0. The minimum atomic E-state index is -0.760. The van der Waals surface area contributed by atoms with Crippen molar-refractivity contribution in [3.63, 3.8) is 0 Å². The molecule has 0 amide bonds. The Morgan fingerprint density at radius 1 is 1.11 bits per heavy atom. The van der Waals surface area contributed by atoms with Crippen LogP contribution in [0.15, 0.2) is 47.4 Å². The minimum Gasteiger partial charge on any atom is -0.380 e. The maximum Gasteiger partial charge on any atom is 0.255 e. The Bertz CT molecular complexity index is 1030.